The SMILES string of the molecule is CCC1(CNCC(N)c2cnn(C)c2)CCCC1. The van der Waals surface area contributed by atoms with Gasteiger partial charge in [0.15, 0.2) is 0 Å². The Labute approximate surface area is 110 Å². The summed E-state index contributed by atoms with van der Waals surface area (Å²) in [7, 11) is 1.92. The molecule has 0 radical (unpaired) electrons. The van der Waals surface area contributed by atoms with Gasteiger partial charge in [0, 0.05) is 37.9 Å². The van der Waals surface area contributed by atoms with Crippen LogP contribution >= 0.6 is 0 Å². The Morgan fingerprint density at radius 2 is 2.22 bits per heavy atom. The summed E-state index contributed by atoms with van der Waals surface area (Å²) in [6.45, 7) is 4.26. The minimum absolute atomic E-state index is 0.0500. The second-order valence-corrected chi connectivity index (χ2v) is 5.75. The van der Waals surface area contributed by atoms with Gasteiger partial charge in [-0.15, -0.1) is 0 Å². The Morgan fingerprint density at radius 3 is 2.78 bits per heavy atom. The van der Waals surface area contributed by atoms with Gasteiger partial charge in [-0.2, -0.15) is 5.10 Å². The smallest absolute Gasteiger partial charge is 0.0537 e. The van der Waals surface area contributed by atoms with Crippen molar-refractivity contribution in [2.75, 3.05) is 13.1 Å². The minimum atomic E-state index is 0.0500. The number of rotatable bonds is 6. The van der Waals surface area contributed by atoms with Crippen LogP contribution in [0.3, 0.4) is 0 Å². The molecule has 3 N–H and O–H groups in total. The second-order valence-electron chi connectivity index (χ2n) is 5.75. The first kappa shape index (κ1) is 13.6. The second kappa shape index (κ2) is 5.85. The molecule has 0 aromatic carbocycles. The highest BCUT2D eigenvalue weighted by Gasteiger charge is 2.31. The van der Waals surface area contributed by atoms with Gasteiger partial charge in [-0.05, 0) is 24.7 Å². The van der Waals surface area contributed by atoms with E-state index >= 15 is 0 Å². The fraction of sp³-hybridized carbons (Fsp3) is 0.786. The normalized spacial score (nSPS) is 20.2. The van der Waals surface area contributed by atoms with E-state index in [0.717, 1.165) is 18.7 Å². The molecule has 4 heteroatoms. The molecule has 0 aliphatic heterocycles. The van der Waals surface area contributed by atoms with E-state index < -0.39 is 0 Å². The molecular formula is C14H26N4. The van der Waals surface area contributed by atoms with Crippen LogP contribution in [0, 0.1) is 5.41 Å². The quantitative estimate of drug-likeness (QED) is 0.811. The third kappa shape index (κ3) is 3.12. The zero-order chi connectivity index (χ0) is 13.0. The number of nitrogens with one attached hydrogen (secondary N) is 1. The van der Waals surface area contributed by atoms with Crippen LogP contribution in [0.2, 0.25) is 0 Å². The van der Waals surface area contributed by atoms with Crippen LogP contribution in [0.15, 0.2) is 12.4 Å². The summed E-state index contributed by atoms with van der Waals surface area (Å²) < 4.78 is 1.81. The molecule has 1 saturated carbocycles. The molecule has 0 amide bonds. The predicted molar refractivity (Wildman–Crippen MR) is 74.2 cm³/mol. The lowest BCUT2D eigenvalue weighted by atomic mass is 9.83. The van der Waals surface area contributed by atoms with Gasteiger partial charge in [0.2, 0.25) is 0 Å². The lowest BCUT2D eigenvalue weighted by Gasteiger charge is -2.28. The van der Waals surface area contributed by atoms with Crippen molar-refractivity contribution in [1.29, 1.82) is 0 Å². The molecular weight excluding hydrogens is 224 g/mol. The highest BCUT2D eigenvalue weighted by Crippen LogP contribution is 2.40. The van der Waals surface area contributed by atoms with Crippen molar-refractivity contribution >= 4 is 0 Å². The molecule has 1 heterocycles. The van der Waals surface area contributed by atoms with E-state index in [4.69, 9.17) is 5.73 Å². The summed E-state index contributed by atoms with van der Waals surface area (Å²) in [4.78, 5) is 0. The summed E-state index contributed by atoms with van der Waals surface area (Å²) in [5, 5.41) is 7.73. The van der Waals surface area contributed by atoms with Crippen LogP contribution in [0.25, 0.3) is 0 Å². The summed E-state index contributed by atoms with van der Waals surface area (Å²) in [5.41, 5.74) is 7.81. The number of aryl methyl sites for hydroxylation is 1. The number of aromatic nitrogens is 2. The molecule has 0 spiro atoms. The molecule has 18 heavy (non-hydrogen) atoms. The van der Waals surface area contributed by atoms with E-state index in [-0.39, 0.29) is 6.04 Å². The molecule has 4 nitrogen and oxygen atoms in total. The predicted octanol–water partition coefficient (Wildman–Crippen LogP) is 1.98. The molecule has 1 aromatic rings. The molecule has 1 atom stereocenters. The highest BCUT2D eigenvalue weighted by molar-refractivity contribution is 5.09. The average molecular weight is 250 g/mol. The molecule has 1 aromatic heterocycles. The average Bonchev–Trinajstić information content (AvgIpc) is 2.99. The zero-order valence-electron chi connectivity index (χ0n) is 11.7. The van der Waals surface area contributed by atoms with Gasteiger partial charge in [0.25, 0.3) is 0 Å². The molecule has 1 fully saturated rings. The molecule has 1 unspecified atom stereocenters. The van der Waals surface area contributed by atoms with Crippen molar-refractivity contribution in [3.8, 4) is 0 Å². The first-order valence-corrected chi connectivity index (χ1v) is 7.10. The standard InChI is InChI=1S/C14H26N4/c1-3-14(6-4-5-7-14)11-16-9-13(15)12-8-17-18(2)10-12/h8,10,13,16H,3-7,9,11,15H2,1-2H3. The fourth-order valence-corrected chi connectivity index (χ4v) is 3.02. The molecule has 1 aliphatic carbocycles. The zero-order valence-corrected chi connectivity index (χ0v) is 11.7. The van der Waals surface area contributed by atoms with Gasteiger partial charge < -0.3 is 11.1 Å². The Kier molecular flexibility index (Phi) is 4.40. The van der Waals surface area contributed by atoms with Gasteiger partial charge in [0.1, 0.15) is 0 Å². The van der Waals surface area contributed by atoms with Crippen LogP contribution < -0.4 is 11.1 Å². The first-order valence-electron chi connectivity index (χ1n) is 7.10. The van der Waals surface area contributed by atoms with Crippen molar-refractivity contribution in [2.24, 2.45) is 18.2 Å². The monoisotopic (exact) mass is 250 g/mol. The Balaban J connectivity index is 1.78. The Bertz CT molecular complexity index is 366. The van der Waals surface area contributed by atoms with Crippen molar-refractivity contribution in [3.05, 3.63) is 18.0 Å². The maximum atomic E-state index is 6.16. The lowest BCUT2D eigenvalue weighted by molar-refractivity contribution is 0.267. The summed E-state index contributed by atoms with van der Waals surface area (Å²) >= 11 is 0. The van der Waals surface area contributed by atoms with Crippen LogP contribution in [-0.2, 0) is 7.05 Å². The van der Waals surface area contributed by atoms with E-state index in [2.05, 4.69) is 17.3 Å². The fourth-order valence-electron chi connectivity index (χ4n) is 3.02. The van der Waals surface area contributed by atoms with E-state index in [1.165, 1.54) is 32.1 Å². The van der Waals surface area contributed by atoms with Crippen molar-refractivity contribution in [1.82, 2.24) is 15.1 Å². The van der Waals surface area contributed by atoms with Crippen molar-refractivity contribution < 1.29 is 0 Å². The first-order chi connectivity index (χ1) is 8.65. The molecule has 102 valence electrons. The van der Waals surface area contributed by atoms with Crippen LogP contribution in [0.5, 0.6) is 0 Å². The number of nitrogens with two attached hydrogens (primary N) is 1. The van der Waals surface area contributed by atoms with Crippen molar-refractivity contribution in [2.45, 2.75) is 45.1 Å². The van der Waals surface area contributed by atoms with E-state index in [1.54, 1.807) is 4.68 Å². The van der Waals surface area contributed by atoms with Gasteiger partial charge in [-0.25, -0.2) is 0 Å². The molecule has 0 bridgehead atoms. The lowest BCUT2D eigenvalue weighted by Crippen LogP contribution is -2.35. The summed E-state index contributed by atoms with van der Waals surface area (Å²) in [6, 6.07) is 0.0500. The van der Waals surface area contributed by atoms with Crippen LogP contribution in [-0.4, -0.2) is 22.9 Å². The van der Waals surface area contributed by atoms with E-state index in [9.17, 15) is 0 Å². The van der Waals surface area contributed by atoms with Gasteiger partial charge in [-0.3, -0.25) is 4.68 Å². The van der Waals surface area contributed by atoms with Gasteiger partial charge in [-0.1, -0.05) is 19.8 Å². The summed E-state index contributed by atoms with van der Waals surface area (Å²) in [5.74, 6) is 0. The topological polar surface area (TPSA) is 55.9 Å². The number of nitrogens with zero attached hydrogens (tertiary/aromatic N) is 2. The molecule has 1 aliphatic rings. The third-order valence-corrected chi connectivity index (χ3v) is 4.43. The van der Waals surface area contributed by atoms with E-state index in [0.29, 0.717) is 5.41 Å². The van der Waals surface area contributed by atoms with Crippen molar-refractivity contribution in [3.63, 3.8) is 0 Å². The molecule has 0 saturated heterocycles. The largest absolute Gasteiger partial charge is 0.323 e. The van der Waals surface area contributed by atoms with Crippen LogP contribution in [0.4, 0.5) is 0 Å². The van der Waals surface area contributed by atoms with Gasteiger partial charge >= 0.3 is 0 Å². The Hall–Kier alpha value is -0.870. The van der Waals surface area contributed by atoms with Crippen LogP contribution in [0.1, 0.15) is 50.6 Å². The number of hydrogen-bond acceptors (Lipinski definition) is 3. The minimum Gasteiger partial charge on any atom is -0.323 e. The maximum absolute atomic E-state index is 6.16. The van der Waals surface area contributed by atoms with Gasteiger partial charge in [0.05, 0.1) is 6.20 Å². The maximum Gasteiger partial charge on any atom is 0.0537 e. The van der Waals surface area contributed by atoms with E-state index in [1.807, 2.05) is 19.4 Å². The highest BCUT2D eigenvalue weighted by atomic mass is 15.2. The Morgan fingerprint density at radius 1 is 1.50 bits per heavy atom. The molecule has 2 rings (SSSR count). The third-order valence-electron chi connectivity index (χ3n) is 4.43. The summed E-state index contributed by atoms with van der Waals surface area (Å²) in [6.07, 6.45) is 10.7. The number of hydrogen-bond donors (Lipinski definition) is 2.